The van der Waals surface area contributed by atoms with Crippen molar-refractivity contribution in [2.75, 3.05) is 0 Å². The molecule has 1 saturated heterocycles. The predicted molar refractivity (Wildman–Crippen MR) is 34.0 cm³/mol. The number of carbonyl (C=O) groups excluding carboxylic acids is 1. The Labute approximate surface area is 55.2 Å². The molecule has 1 heterocycles. The van der Waals surface area contributed by atoms with Crippen LogP contribution in [0.25, 0.3) is 0 Å². The van der Waals surface area contributed by atoms with E-state index in [-0.39, 0.29) is 18.0 Å². The van der Waals surface area contributed by atoms with Gasteiger partial charge in [-0.3, -0.25) is 4.79 Å². The average Bonchev–Trinajstić information content (AvgIpc) is 2.13. The molecule has 0 spiro atoms. The molecule has 1 aliphatic rings. The molecule has 0 aromatic rings. The predicted octanol–water partition coefficient (Wildman–Crippen LogP) is 1.35. The van der Waals surface area contributed by atoms with Crippen LogP contribution in [-0.4, -0.2) is 12.1 Å². The van der Waals surface area contributed by atoms with Crippen LogP contribution in [0.3, 0.4) is 0 Å². The maximum atomic E-state index is 10.7. The van der Waals surface area contributed by atoms with Gasteiger partial charge in [0.2, 0.25) is 0 Å². The van der Waals surface area contributed by atoms with E-state index in [0.29, 0.717) is 0 Å². The molecular formula is C7H12O2. The maximum Gasteiger partial charge on any atom is 0.309 e. The minimum absolute atomic E-state index is 0.0261. The van der Waals surface area contributed by atoms with Crippen molar-refractivity contribution in [1.29, 1.82) is 0 Å². The van der Waals surface area contributed by atoms with Crippen molar-refractivity contribution in [3.05, 3.63) is 0 Å². The lowest BCUT2D eigenvalue weighted by Gasteiger charge is -2.01. The van der Waals surface area contributed by atoms with Gasteiger partial charge in [-0.05, 0) is 12.8 Å². The number of esters is 1. The number of rotatable bonds is 1. The topological polar surface area (TPSA) is 26.3 Å². The summed E-state index contributed by atoms with van der Waals surface area (Å²) in [5, 5.41) is 0. The Kier molecular flexibility index (Phi) is 1.74. The molecule has 0 saturated carbocycles. The molecular weight excluding hydrogens is 116 g/mol. The largest absolute Gasteiger partial charge is 0.462 e. The molecule has 9 heavy (non-hydrogen) atoms. The highest BCUT2D eigenvalue weighted by Crippen LogP contribution is 2.21. The summed E-state index contributed by atoms with van der Waals surface area (Å²) in [6, 6.07) is 0. The van der Waals surface area contributed by atoms with Crippen LogP contribution in [0.15, 0.2) is 0 Å². The average molecular weight is 128 g/mol. The fourth-order valence-corrected chi connectivity index (χ4v) is 1.07. The number of cyclic esters (lactones) is 1. The summed E-state index contributed by atoms with van der Waals surface area (Å²) >= 11 is 0. The van der Waals surface area contributed by atoms with Gasteiger partial charge in [0.1, 0.15) is 6.10 Å². The molecule has 2 heteroatoms. The second kappa shape index (κ2) is 2.38. The van der Waals surface area contributed by atoms with Gasteiger partial charge in [-0.2, -0.15) is 0 Å². The van der Waals surface area contributed by atoms with E-state index in [1.807, 2.05) is 13.8 Å². The van der Waals surface area contributed by atoms with Crippen LogP contribution in [-0.2, 0) is 9.53 Å². The van der Waals surface area contributed by atoms with Crippen molar-refractivity contribution in [3.8, 4) is 0 Å². The number of carbonyl (C=O) groups is 1. The van der Waals surface area contributed by atoms with E-state index in [2.05, 4.69) is 0 Å². The van der Waals surface area contributed by atoms with Gasteiger partial charge in [-0.25, -0.2) is 0 Å². The summed E-state index contributed by atoms with van der Waals surface area (Å²) < 4.78 is 4.98. The normalized spacial score (nSPS) is 34.7. The van der Waals surface area contributed by atoms with Crippen LogP contribution in [0.2, 0.25) is 0 Å². The molecule has 1 fully saturated rings. The minimum atomic E-state index is -0.0261. The fourth-order valence-electron chi connectivity index (χ4n) is 1.07. The summed E-state index contributed by atoms with van der Waals surface area (Å²) in [5.41, 5.74) is 0. The van der Waals surface area contributed by atoms with Crippen molar-refractivity contribution in [2.45, 2.75) is 32.8 Å². The Hall–Kier alpha value is -0.530. The molecule has 0 unspecified atom stereocenters. The van der Waals surface area contributed by atoms with Crippen LogP contribution in [0, 0.1) is 5.92 Å². The van der Waals surface area contributed by atoms with Crippen LogP contribution in [0.4, 0.5) is 0 Å². The molecule has 0 N–H and O–H groups in total. The lowest BCUT2D eigenvalue weighted by atomic mass is 10.1. The van der Waals surface area contributed by atoms with Gasteiger partial charge in [-0.15, -0.1) is 0 Å². The minimum Gasteiger partial charge on any atom is -0.462 e. The fraction of sp³-hybridized carbons (Fsp3) is 0.857. The third-order valence-corrected chi connectivity index (χ3v) is 1.76. The lowest BCUT2D eigenvalue weighted by molar-refractivity contribution is -0.143. The molecule has 52 valence electrons. The van der Waals surface area contributed by atoms with Gasteiger partial charge < -0.3 is 4.74 Å². The van der Waals surface area contributed by atoms with Crippen molar-refractivity contribution in [2.24, 2.45) is 5.92 Å². The van der Waals surface area contributed by atoms with E-state index in [1.165, 1.54) is 0 Å². The highest BCUT2D eigenvalue weighted by molar-refractivity contribution is 5.74. The van der Waals surface area contributed by atoms with Crippen LogP contribution >= 0.6 is 0 Å². The maximum absolute atomic E-state index is 10.7. The molecule has 0 aromatic heterocycles. The van der Waals surface area contributed by atoms with E-state index < -0.39 is 0 Å². The van der Waals surface area contributed by atoms with E-state index in [4.69, 9.17) is 4.74 Å². The Morgan fingerprint density at radius 1 is 1.78 bits per heavy atom. The Morgan fingerprint density at radius 2 is 2.44 bits per heavy atom. The Morgan fingerprint density at radius 3 is 2.67 bits per heavy atom. The zero-order valence-corrected chi connectivity index (χ0v) is 5.89. The summed E-state index contributed by atoms with van der Waals surface area (Å²) in [6.07, 6.45) is 2.07. The van der Waals surface area contributed by atoms with E-state index in [1.54, 1.807) is 0 Å². The first kappa shape index (κ1) is 6.59. The Bertz CT molecular complexity index is 120. The second-order valence-electron chi connectivity index (χ2n) is 2.60. The first-order chi connectivity index (χ1) is 4.24. The summed E-state index contributed by atoms with van der Waals surface area (Å²) in [7, 11) is 0. The number of ether oxygens (including phenoxy) is 1. The van der Waals surface area contributed by atoms with E-state index in [0.717, 1.165) is 12.8 Å². The molecule has 2 atom stereocenters. The third kappa shape index (κ3) is 1.23. The summed E-state index contributed by atoms with van der Waals surface area (Å²) in [5.74, 6) is 0.108. The SMILES string of the molecule is CC[C@@H]1C[C@@H](C)C(=O)O1. The molecule has 1 aliphatic heterocycles. The van der Waals surface area contributed by atoms with Crippen LogP contribution in [0.1, 0.15) is 26.7 Å². The zero-order chi connectivity index (χ0) is 6.85. The second-order valence-corrected chi connectivity index (χ2v) is 2.60. The molecule has 0 aromatic carbocycles. The first-order valence-corrected chi connectivity index (χ1v) is 3.44. The highest BCUT2D eigenvalue weighted by Gasteiger charge is 2.29. The standard InChI is InChI=1S/C7H12O2/c1-3-6-4-5(2)7(8)9-6/h5-6H,3-4H2,1-2H3/t5-,6-/m1/s1. The van der Waals surface area contributed by atoms with Gasteiger partial charge in [-0.1, -0.05) is 13.8 Å². The first-order valence-electron chi connectivity index (χ1n) is 3.44. The Balaban J connectivity index is 2.44. The highest BCUT2D eigenvalue weighted by atomic mass is 16.5. The van der Waals surface area contributed by atoms with Gasteiger partial charge >= 0.3 is 5.97 Å². The van der Waals surface area contributed by atoms with E-state index >= 15 is 0 Å². The molecule has 0 bridgehead atoms. The number of hydrogen-bond acceptors (Lipinski definition) is 2. The molecule has 1 rings (SSSR count). The van der Waals surface area contributed by atoms with Crippen molar-refractivity contribution >= 4 is 5.97 Å². The van der Waals surface area contributed by atoms with Crippen LogP contribution < -0.4 is 0 Å². The molecule has 0 amide bonds. The van der Waals surface area contributed by atoms with E-state index in [9.17, 15) is 4.79 Å². The van der Waals surface area contributed by atoms with Crippen molar-refractivity contribution in [1.82, 2.24) is 0 Å². The smallest absolute Gasteiger partial charge is 0.309 e. The third-order valence-electron chi connectivity index (χ3n) is 1.76. The van der Waals surface area contributed by atoms with Crippen LogP contribution in [0.5, 0.6) is 0 Å². The van der Waals surface area contributed by atoms with Gasteiger partial charge in [0.05, 0.1) is 5.92 Å². The van der Waals surface area contributed by atoms with Gasteiger partial charge in [0, 0.05) is 0 Å². The van der Waals surface area contributed by atoms with Crippen molar-refractivity contribution in [3.63, 3.8) is 0 Å². The van der Waals surface area contributed by atoms with Crippen molar-refractivity contribution < 1.29 is 9.53 Å². The quantitative estimate of drug-likeness (QED) is 0.498. The lowest BCUT2D eigenvalue weighted by Crippen LogP contribution is -2.04. The molecule has 0 aliphatic carbocycles. The van der Waals surface area contributed by atoms with Gasteiger partial charge in [0.25, 0.3) is 0 Å². The number of hydrogen-bond donors (Lipinski definition) is 0. The zero-order valence-electron chi connectivity index (χ0n) is 5.89. The molecule has 0 radical (unpaired) electrons. The monoisotopic (exact) mass is 128 g/mol. The summed E-state index contributed by atoms with van der Waals surface area (Å²) in [6.45, 7) is 3.95. The summed E-state index contributed by atoms with van der Waals surface area (Å²) in [4.78, 5) is 10.7. The molecule has 2 nitrogen and oxygen atoms in total. The van der Waals surface area contributed by atoms with Gasteiger partial charge in [0.15, 0.2) is 0 Å².